The molecule has 5 heteroatoms. The second kappa shape index (κ2) is 8.88. The second-order valence-electron chi connectivity index (χ2n) is 7.50. The van der Waals surface area contributed by atoms with Gasteiger partial charge in [-0.15, -0.1) is 0 Å². The summed E-state index contributed by atoms with van der Waals surface area (Å²) in [6.07, 6.45) is 0.386. The number of amides is 1. The summed E-state index contributed by atoms with van der Waals surface area (Å²) in [6, 6.07) is 10.4. The van der Waals surface area contributed by atoms with Crippen molar-refractivity contribution in [2.45, 2.75) is 53.6 Å². The van der Waals surface area contributed by atoms with Crippen LogP contribution in [0.5, 0.6) is 0 Å². The van der Waals surface area contributed by atoms with Gasteiger partial charge in [-0.1, -0.05) is 32.0 Å². The molecular weight excluding hydrogens is 324 g/mol. The van der Waals surface area contributed by atoms with E-state index in [4.69, 9.17) is 0 Å². The van der Waals surface area contributed by atoms with E-state index in [1.165, 1.54) is 0 Å². The zero-order valence-corrected chi connectivity index (χ0v) is 16.9. The number of carbonyl (C=O) groups excluding carboxylic acids is 1. The van der Waals surface area contributed by atoms with Gasteiger partial charge in [0.25, 0.3) is 0 Å². The number of nitrogens with one attached hydrogen (secondary N) is 1. The van der Waals surface area contributed by atoms with Gasteiger partial charge < -0.3 is 10.2 Å². The van der Waals surface area contributed by atoms with Crippen LogP contribution in [0, 0.1) is 19.8 Å². The lowest BCUT2D eigenvalue weighted by Gasteiger charge is -2.27. The molecule has 0 aliphatic heterocycles. The topological polar surface area (TPSA) is 50.2 Å². The SMILES string of the molecule is Cc1nn(CC(C)C)c(C)c1CC(=O)NCC(C)N(C)c1ccccc1. The van der Waals surface area contributed by atoms with E-state index >= 15 is 0 Å². The number of para-hydroxylation sites is 1. The van der Waals surface area contributed by atoms with Crippen molar-refractivity contribution in [1.29, 1.82) is 0 Å². The van der Waals surface area contributed by atoms with Crippen LogP contribution in [-0.4, -0.2) is 35.3 Å². The number of nitrogens with zero attached hydrogens (tertiary/aromatic N) is 3. The molecule has 2 aromatic rings. The van der Waals surface area contributed by atoms with Gasteiger partial charge in [-0.05, 0) is 38.8 Å². The number of anilines is 1. The predicted molar refractivity (Wildman–Crippen MR) is 108 cm³/mol. The maximum absolute atomic E-state index is 12.4. The Bertz CT molecular complexity index is 721. The van der Waals surface area contributed by atoms with Gasteiger partial charge in [0.15, 0.2) is 0 Å². The fraction of sp³-hybridized carbons (Fsp3) is 0.524. The fourth-order valence-corrected chi connectivity index (χ4v) is 3.05. The van der Waals surface area contributed by atoms with Crippen molar-refractivity contribution in [3.63, 3.8) is 0 Å². The summed E-state index contributed by atoms with van der Waals surface area (Å²) in [4.78, 5) is 14.6. The van der Waals surface area contributed by atoms with Crippen molar-refractivity contribution in [3.8, 4) is 0 Å². The zero-order chi connectivity index (χ0) is 19.3. The van der Waals surface area contributed by atoms with Crippen molar-refractivity contribution in [2.75, 3.05) is 18.5 Å². The summed E-state index contributed by atoms with van der Waals surface area (Å²) < 4.78 is 2.02. The minimum absolute atomic E-state index is 0.0496. The Morgan fingerprint density at radius 3 is 2.46 bits per heavy atom. The first-order valence-electron chi connectivity index (χ1n) is 9.37. The first-order valence-corrected chi connectivity index (χ1v) is 9.37. The third-order valence-electron chi connectivity index (χ3n) is 4.83. The molecule has 0 radical (unpaired) electrons. The lowest BCUT2D eigenvalue weighted by molar-refractivity contribution is -0.120. The van der Waals surface area contributed by atoms with E-state index in [1.54, 1.807) is 0 Å². The van der Waals surface area contributed by atoms with Gasteiger partial charge in [0.2, 0.25) is 5.91 Å². The molecule has 0 spiro atoms. The van der Waals surface area contributed by atoms with Crippen LogP contribution in [0.15, 0.2) is 30.3 Å². The fourth-order valence-electron chi connectivity index (χ4n) is 3.05. The number of carbonyl (C=O) groups is 1. The van der Waals surface area contributed by atoms with Crippen molar-refractivity contribution in [2.24, 2.45) is 5.92 Å². The molecule has 142 valence electrons. The van der Waals surface area contributed by atoms with Gasteiger partial charge in [0, 0.05) is 43.1 Å². The highest BCUT2D eigenvalue weighted by Crippen LogP contribution is 2.16. The first-order chi connectivity index (χ1) is 12.3. The maximum atomic E-state index is 12.4. The lowest BCUT2D eigenvalue weighted by Crippen LogP contribution is -2.40. The number of aryl methyl sites for hydroxylation is 1. The molecule has 0 bridgehead atoms. The van der Waals surface area contributed by atoms with Crippen molar-refractivity contribution < 1.29 is 4.79 Å². The van der Waals surface area contributed by atoms with E-state index in [2.05, 4.69) is 62.2 Å². The molecule has 1 atom stereocenters. The molecule has 1 unspecified atom stereocenters. The Morgan fingerprint density at radius 1 is 1.19 bits per heavy atom. The van der Waals surface area contributed by atoms with Gasteiger partial charge >= 0.3 is 0 Å². The van der Waals surface area contributed by atoms with E-state index in [0.717, 1.165) is 29.2 Å². The van der Waals surface area contributed by atoms with Crippen LogP contribution in [-0.2, 0) is 17.8 Å². The summed E-state index contributed by atoms with van der Waals surface area (Å²) in [7, 11) is 2.05. The highest BCUT2D eigenvalue weighted by atomic mass is 16.1. The molecule has 0 saturated carbocycles. The van der Waals surface area contributed by atoms with Crippen LogP contribution in [0.1, 0.15) is 37.7 Å². The van der Waals surface area contributed by atoms with Crippen molar-refractivity contribution in [3.05, 3.63) is 47.3 Å². The summed E-state index contributed by atoms with van der Waals surface area (Å²) in [5, 5.41) is 7.66. The van der Waals surface area contributed by atoms with Crippen LogP contribution in [0.4, 0.5) is 5.69 Å². The van der Waals surface area contributed by atoms with Gasteiger partial charge in [0.05, 0.1) is 12.1 Å². The summed E-state index contributed by atoms with van der Waals surface area (Å²) in [5.41, 5.74) is 4.25. The van der Waals surface area contributed by atoms with Crippen LogP contribution in [0.2, 0.25) is 0 Å². The van der Waals surface area contributed by atoms with Crippen molar-refractivity contribution in [1.82, 2.24) is 15.1 Å². The zero-order valence-electron chi connectivity index (χ0n) is 16.9. The van der Waals surface area contributed by atoms with Gasteiger partial charge in [-0.2, -0.15) is 5.10 Å². The highest BCUT2D eigenvalue weighted by Gasteiger charge is 2.17. The van der Waals surface area contributed by atoms with Crippen LogP contribution in [0.3, 0.4) is 0 Å². The van der Waals surface area contributed by atoms with Gasteiger partial charge in [-0.3, -0.25) is 9.48 Å². The van der Waals surface area contributed by atoms with Gasteiger partial charge in [-0.25, -0.2) is 0 Å². The molecule has 2 rings (SSSR count). The molecule has 1 amide bonds. The largest absolute Gasteiger partial charge is 0.370 e. The van der Waals surface area contributed by atoms with E-state index in [0.29, 0.717) is 18.9 Å². The third kappa shape index (κ3) is 5.10. The second-order valence-corrected chi connectivity index (χ2v) is 7.50. The van der Waals surface area contributed by atoms with E-state index in [1.807, 2.05) is 29.8 Å². The maximum Gasteiger partial charge on any atom is 0.224 e. The minimum Gasteiger partial charge on any atom is -0.370 e. The molecule has 5 nitrogen and oxygen atoms in total. The van der Waals surface area contributed by atoms with E-state index in [9.17, 15) is 4.79 Å². The predicted octanol–water partition coefficient (Wildman–Crippen LogP) is 3.34. The molecule has 1 aromatic carbocycles. The van der Waals surface area contributed by atoms with Crippen molar-refractivity contribution >= 4 is 11.6 Å². The Hall–Kier alpha value is -2.30. The molecular formula is C21H32N4O. The Labute approximate surface area is 157 Å². The van der Waals surface area contributed by atoms with E-state index < -0.39 is 0 Å². The lowest BCUT2D eigenvalue weighted by atomic mass is 10.1. The number of aromatic nitrogens is 2. The van der Waals surface area contributed by atoms with Gasteiger partial charge in [0.1, 0.15) is 0 Å². The average Bonchev–Trinajstić information content (AvgIpc) is 2.86. The summed E-state index contributed by atoms with van der Waals surface area (Å²) in [6.45, 7) is 12.0. The average molecular weight is 357 g/mol. The first kappa shape index (κ1) is 20.0. The Kier molecular flexibility index (Phi) is 6.83. The van der Waals surface area contributed by atoms with E-state index in [-0.39, 0.29) is 11.9 Å². The van der Waals surface area contributed by atoms with Crippen LogP contribution >= 0.6 is 0 Å². The molecule has 0 aliphatic carbocycles. The molecule has 26 heavy (non-hydrogen) atoms. The molecule has 0 aliphatic rings. The quantitative estimate of drug-likeness (QED) is 0.789. The molecule has 0 saturated heterocycles. The standard InChI is InChI=1S/C21H32N4O/c1-15(2)14-25-18(5)20(17(4)23-25)12-21(26)22-13-16(3)24(6)19-10-8-7-9-11-19/h7-11,15-16H,12-14H2,1-6H3,(H,22,26). The highest BCUT2D eigenvalue weighted by molar-refractivity contribution is 5.79. The van der Waals surface area contributed by atoms with Crippen LogP contribution < -0.4 is 10.2 Å². The number of rotatable bonds is 8. The smallest absolute Gasteiger partial charge is 0.224 e. The molecule has 1 heterocycles. The molecule has 1 aromatic heterocycles. The minimum atomic E-state index is 0.0496. The number of hydrogen-bond acceptors (Lipinski definition) is 3. The number of likely N-dealkylation sites (N-methyl/N-ethyl adjacent to an activating group) is 1. The Balaban J connectivity index is 1.92. The number of benzene rings is 1. The monoisotopic (exact) mass is 356 g/mol. The molecule has 1 N–H and O–H groups in total. The molecule has 0 fully saturated rings. The number of hydrogen-bond donors (Lipinski definition) is 1. The summed E-state index contributed by atoms with van der Waals surface area (Å²) >= 11 is 0. The Morgan fingerprint density at radius 2 is 1.85 bits per heavy atom. The normalized spacial score (nSPS) is 12.3. The third-order valence-corrected chi connectivity index (χ3v) is 4.83. The summed E-state index contributed by atoms with van der Waals surface area (Å²) in [5.74, 6) is 0.581. The van der Waals surface area contributed by atoms with Crippen LogP contribution in [0.25, 0.3) is 0 Å².